The number of hydrogen-bond donors (Lipinski definition) is 2. The molecule has 3 N–H and O–H groups in total. The summed E-state index contributed by atoms with van der Waals surface area (Å²) in [7, 11) is 0. The molecule has 0 aliphatic heterocycles. The molecule has 0 aliphatic rings. The minimum atomic E-state index is -0.0731. The molecular weight excluding hydrogens is 240 g/mol. The highest BCUT2D eigenvalue weighted by Gasteiger charge is 2.15. The van der Waals surface area contributed by atoms with E-state index < -0.39 is 0 Å². The highest BCUT2D eigenvalue weighted by atomic mass is 79.9. The smallest absolute Gasteiger partial charge is 0.0491 e. The van der Waals surface area contributed by atoms with Crippen LogP contribution in [0, 0.1) is 6.92 Å². The van der Waals surface area contributed by atoms with Crippen molar-refractivity contribution >= 4 is 21.6 Å². The average Bonchev–Trinajstić information content (AvgIpc) is 2.11. The van der Waals surface area contributed by atoms with Crippen LogP contribution in [0.5, 0.6) is 0 Å². The number of hydrogen-bond acceptors (Lipinski definition) is 2. The average molecular weight is 257 g/mol. The van der Waals surface area contributed by atoms with E-state index in [0.29, 0.717) is 6.54 Å². The molecule has 78 valence electrons. The number of halogens is 1. The first-order chi connectivity index (χ1) is 6.44. The van der Waals surface area contributed by atoms with Gasteiger partial charge in [0.25, 0.3) is 0 Å². The van der Waals surface area contributed by atoms with Crippen LogP contribution in [0.3, 0.4) is 0 Å². The van der Waals surface area contributed by atoms with E-state index in [0.717, 1.165) is 10.2 Å². The maximum absolute atomic E-state index is 5.66. The maximum atomic E-state index is 5.66. The fraction of sp³-hybridized carbons (Fsp3) is 0.455. The van der Waals surface area contributed by atoms with Crippen molar-refractivity contribution in [3.05, 3.63) is 28.2 Å². The van der Waals surface area contributed by atoms with Crippen LogP contribution >= 0.6 is 15.9 Å². The lowest BCUT2D eigenvalue weighted by Gasteiger charge is -2.26. The fourth-order valence-corrected chi connectivity index (χ4v) is 1.50. The Kier molecular flexibility index (Phi) is 3.56. The summed E-state index contributed by atoms with van der Waals surface area (Å²) >= 11 is 3.51. The molecule has 1 rings (SSSR count). The van der Waals surface area contributed by atoms with E-state index in [1.54, 1.807) is 0 Å². The molecule has 1 aromatic carbocycles. The number of aryl methyl sites for hydroxylation is 1. The molecule has 0 amide bonds. The van der Waals surface area contributed by atoms with Gasteiger partial charge in [-0.25, -0.2) is 0 Å². The van der Waals surface area contributed by atoms with Crippen molar-refractivity contribution in [1.29, 1.82) is 0 Å². The summed E-state index contributed by atoms with van der Waals surface area (Å²) in [6, 6.07) is 6.23. The Morgan fingerprint density at radius 3 is 2.64 bits per heavy atom. The SMILES string of the molecule is Cc1ccc(Br)c(NC(C)(C)CN)c1. The Balaban J connectivity index is 2.91. The van der Waals surface area contributed by atoms with E-state index >= 15 is 0 Å². The summed E-state index contributed by atoms with van der Waals surface area (Å²) in [5, 5.41) is 3.41. The maximum Gasteiger partial charge on any atom is 0.0491 e. The fourth-order valence-electron chi connectivity index (χ4n) is 1.15. The van der Waals surface area contributed by atoms with Gasteiger partial charge in [0.2, 0.25) is 0 Å². The highest BCUT2D eigenvalue weighted by Crippen LogP contribution is 2.25. The zero-order valence-corrected chi connectivity index (χ0v) is 10.5. The Bertz CT molecular complexity index is 321. The third-order valence-electron chi connectivity index (χ3n) is 2.11. The molecule has 3 heteroatoms. The van der Waals surface area contributed by atoms with Crippen LogP contribution < -0.4 is 11.1 Å². The van der Waals surface area contributed by atoms with E-state index in [-0.39, 0.29) is 5.54 Å². The summed E-state index contributed by atoms with van der Waals surface area (Å²) < 4.78 is 1.07. The molecule has 0 atom stereocenters. The van der Waals surface area contributed by atoms with Gasteiger partial charge in [-0.1, -0.05) is 6.07 Å². The first-order valence-electron chi connectivity index (χ1n) is 4.69. The molecule has 0 aliphatic carbocycles. The molecule has 0 spiro atoms. The van der Waals surface area contributed by atoms with Crippen molar-refractivity contribution in [3.8, 4) is 0 Å². The topological polar surface area (TPSA) is 38.0 Å². The van der Waals surface area contributed by atoms with Gasteiger partial charge in [0.1, 0.15) is 0 Å². The number of anilines is 1. The third-order valence-corrected chi connectivity index (χ3v) is 2.80. The summed E-state index contributed by atoms with van der Waals surface area (Å²) in [5.41, 5.74) is 7.93. The van der Waals surface area contributed by atoms with Crippen molar-refractivity contribution in [2.75, 3.05) is 11.9 Å². The number of benzene rings is 1. The van der Waals surface area contributed by atoms with Crippen LogP contribution in [0.2, 0.25) is 0 Å². The van der Waals surface area contributed by atoms with Gasteiger partial charge in [-0.05, 0) is 54.4 Å². The van der Waals surface area contributed by atoms with Crippen molar-refractivity contribution < 1.29 is 0 Å². The minimum Gasteiger partial charge on any atom is -0.378 e. The van der Waals surface area contributed by atoms with Gasteiger partial charge < -0.3 is 11.1 Å². The lowest BCUT2D eigenvalue weighted by Crippen LogP contribution is -2.39. The Morgan fingerprint density at radius 2 is 2.07 bits per heavy atom. The predicted molar refractivity (Wildman–Crippen MR) is 65.6 cm³/mol. The van der Waals surface area contributed by atoms with E-state index in [2.05, 4.69) is 54.2 Å². The zero-order chi connectivity index (χ0) is 10.8. The second-order valence-electron chi connectivity index (χ2n) is 4.20. The molecule has 0 saturated heterocycles. The second kappa shape index (κ2) is 4.32. The second-order valence-corrected chi connectivity index (χ2v) is 5.05. The van der Waals surface area contributed by atoms with Crippen LogP contribution in [-0.4, -0.2) is 12.1 Å². The highest BCUT2D eigenvalue weighted by molar-refractivity contribution is 9.10. The molecule has 0 aromatic heterocycles. The number of nitrogens with two attached hydrogens (primary N) is 1. The lowest BCUT2D eigenvalue weighted by molar-refractivity contribution is 0.580. The van der Waals surface area contributed by atoms with Crippen molar-refractivity contribution in [2.24, 2.45) is 5.73 Å². The predicted octanol–water partition coefficient (Wildman–Crippen LogP) is 2.91. The molecule has 0 fully saturated rings. The van der Waals surface area contributed by atoms with Gasteiger partial charge >= 0.3 is 0 Å². The summed E-state index contributed by atoms with van der Waals surface area (Å²) in [4.78, 5) is 0. The van der Waals surface area contributed by atoms with Gasteiger partial charge in [-0.3, -0.25) is 0 Å². The van der Waals surface area contributed by atoms with E-state index in [1.807, 2.05) is 6.07 Å². The van der Waals surface area contributed by atoms with Crippen molar-refractivity contribution in [2.45, 2.75) is 26.3 Å². The summed E-state index contributed by atoms with van der Waals surface area (Å²) in [5.74, 6) is 0. The van der Waals surface area contributed by atoms with Crippen LogP contribution in [0.25, 0.3) is 0 Å². The van der Waals surface area contributed by atoms with E-state index in [9.17, 15) is 0 Å². The monoisotopic (exact) mass is 256 g/mol. The van der Waals surface area contributed by atoms with Gasteiger partial charge in [-0.15, -0.1) is 0 Å². The Labute approximate surface area is 94.0 Å². The van der Waals surface area contributed by atoms with Gasteiger partial charge in [-0.2, -0.15) is 0 Å². The zero-order valence-electron chi connectivity index (χ0n) is 8.89. The third kappa shape index (κ3) is 3.00. The quantitative estimate of drug-likeness (QED) is 0.873. The molecule has 14 heavy (non-hydrogen) atoms. The molecular formula is C11H17BrN2. The van der Waals surface area contributed by atoms with Crippen LogP contribution in [0.15, 0.2) is 22.7 Å². The van der Waals surface area contributed by atoms with Gasteiger partial charge in [0.05, 0.1) is 0 Å². The largest absolute Gasteiger partial charge is 0.378 e. The van der Waals surface area contributed by atoms with Gasteiger partial charge in [0, 0.05) is 22.2 Å². The minimum absolute atomic E-state index is 0.0731. The van der Waals surface area contributed by atoms with Crippen LogP contribution in [0.4, 0.5) is 5.69 Å². The normalized spacial score (nSPS) is 11.5. The van der Waals surface area contributed by atoms with Crippen molar-refractivity contribution in [3.63, 3.8) is 0 Å². The number of rotatable bonds is 3. The molecule has 2 nitrogen and oxygen atoms in total. The first kappa shape index (κ1) is 11.5. The lowest BCUT2D eigenvalue weighted by atomic mass is 10.1. The summed E-state index contributed by atoms with van der Waals surface area (Å²) in [6.45, 7) is 6.85. The van der Waals surface area contributed by atoms with Gasteiger partial charge in [0.15, 0.2) is 0 Å². The van der Waals surface area contributed by atoms with Crippen LogP contribution in [0.1, 0.15) is 19.4 Å². The standard InChI is InChI=1S/C11H17BrN2/c1-8-4-5-9(12)10(6-8)14-11(2,3)7-13/h4-6,14H,7,13H2,1-3H3. The molecule has 0 radical (unpaired) electrons. The Morgan fingerprint density at radius 1 is 1.43 bits per heavy atom. The molecule has 0 saturated carbocycles. The van der Waals surface area contributed by atoms with E-state index in [1.165, 1.54) is 5.56 Å². The Hall–Kier alpha value is -0.540. The molecule has 0 heterocycles. The van der Waals surface area contributed by atoms with E-state index in [4.69, 9.17) is 5.73 Å². The summed E-state index contributed by atoms with van der Waals surface area (Å²) in [6.07, 6.45) is 0. The van der Waals surface area contributed by atoms with Crippen molar-refractivity contribution in [1.82, 2.24) is 0 Å². The molecule has 0 unspecified atom stereocenters. The number of nitrogens with one attached hydrogen (secondary N) is 1. The first-order valence-corrected chi connectivity index (χ1v) is 5.48. The molecule has 1 aromatic rings. The molecule has 0 bridgehead atoms. The van der Waals surface area contributed by atoms with Crippen LogP contribution in [-0.2, 0) is 0 Å².